The first-order chi connectivity index (χ1) is 4.79. The molecular formula is C5H8BN3O. The Morgan fingerprint density at radius 3 is 2.90 bits per heavy atom. The minimum absolute atomic E-state index is 0.552. The van der Waals surface area contributed by atoms with E-state index in [4.69, 9.17) is 5.02 Å². The smallest absolute Gasteiger partial charge is 0.406 e. The van der Waals surface area contributed by atoms with Gasteiger partial charge in [-0.05, 0) is 12.9 Å². The van der Waals surface area contributed by atoms with Crippen molar-refractivity contribution in [1.82, 2.24) is 10.2 Å². The maximum absolute atomic E-state index is 8.85. The van der Waals surface area contributed by atoms with Gasteiger partial charge in [0.2, 0.25) is 0 Å². The molecule has 0 saturated carbocycles. The second kappa shape index (κ2) is 3.17. The molecule has 0 fully saturated rings. The average molecular weight is 137 g/mol. The van der Waals surface area contributed by atoms with E-state index in [9.17, 15) is 0 Å². The van der Waals surface area contributed by atoms with Crippen molar-refractivity contribution in [2.24, 2.45) is 0 Å². The summed E-state index contributed by atoms with van der Waals surface area (Å²) in [6, 6.07) is 1.74. The standard InChI is InChI=1S/C5H8BN3O/c1-6(10)9-5-2-3-7-8-4-5/h2-4,10H,1H3,(H,7,9). The van der Waals surface area contributed by atoms with Crippen LogP contribution in [0, 0.1) is 0 Å². The summed E-state index contributed by atoms with van der Waals surface area (Å²) in [7, 11) is -0.552. The van der Waals surface area contributed by atoms with Gasteiger partial charge in [-0.25, -0.2) is 0 Å². The minimum Gasteiger partial charge on any atom is -0.433 e. The molecule has 0 aliphatic carbocycles. The van der Waals surface area contributed by atoms with Crippen molar-refractivity contribution in [3.8, 4) is 0 Å². The molecule has 0 amide bonds. The Morgan fingerprint density at radius 1 is 1.60 bits per heavy atom. The van der Waals surface area contributed by atoms with Gasteiger partial charge in [0.1, 0.15) is 0 Å². The fraction of sp³-hybridized carbons (Fsp3) is 0.200. The van der Waals surface area contributed by atoms with Gasteiger partial charge in [0, 0.05) is 5.69 Å². The van der Waals surface area contributed by atoms with Crippen LogP contribution in [0.15, 0.2) is 18.5 Å². The van der Waals surface area contributed by atoms with Crippen molar-refractivity contribution in [2.45, 2.75) is 6.82 Å². The Morgan fingerprint density at radius 2 is 2.40 bits per heavy atom. The van der Waals surface area contributed by atoms with Gasteiger partial charge in [0.25, 0.3) is 0 Å². The van der Waals surface area contributed by atoms with E-state index in [1.54, 1.807) is 25.3 Å². The zero-order valence-corrected chi connectivity index (χ0v) is 5.65. The van der Waals surface area contributed by atoms with E-state index in [-0.39, 0.29) is 0 Å². The van der Waals surface area contributed by atoms with Crippen LogP contribution in [0.5, 0.6) is 0 Å². The molecule has 1 rings (SSSR count). The highest BCUT2D eigenvalue weighted by Gasteiger charge is 2.00. The second-order valence-electron chi connectivity index (χ2n) is 1.95. The van der Waals surface area contributed by atoms with Gasteiger partial charge < -0.3 is 10.3 Å². The third-order valence-corrected chi connectivity index (χ3v) is 0.960. The van der Waals surface area contributed by atoms with Crippen LogP contribution >= 0.6 is 0 Å². The van der Waals surface area contributed by atoms with Crippen LogP contribution in [-0.2, 0) is 0 Å². The van der Waals surface area contributed by atoms with Crippen molar-refractivity contribution in [3.05, 3.63) is 18.5 Å². The van der Waals surface area contributed by atoms with Crippen LogP contribution in [0.25, 0.3) is 0 Å². The molecule has 5 heteroatoms. The molecule has 0 atom stereocenters. The number of nitrogens with one attached hydrogen (secondary N) is 1. The van der Waals surface area contributed by atoms with E-state index in [1.807, 2.05) is 0 Å². The summed E-state index contributed by atoms with van der Waals surface area (Å²) in [4.78, 5) is 0. The van der Waals surface area contributed by atoms with Crippen LogP contribution < -0.4 is 5.23 Å². The summed E-state index contributed by atoms with van der Waals surface area (Å²) in [6.45, 7) is 1.64. The zero-order valence-electron chi connectivity index (χ0n) is 5.65. The third kappa shape index (κ3) is 2.02. The number of nitrogens with zero attached hydrogens (tertiary/aromatic N) is 2. The Hall–Kier alpha value is -1.10. The molecule has 0 spiro atoms. The Kier molecular flexibility index (Phi) is 2.22. The molecule has 0 radical (unpaired) electrons. The predicted molar refractivity (Wildman–Crippen MR) is 39.5 cm³/mol. The van der Waals surface area contributed by atoms with Crippen LogP contribution in [0.3, 0.4) is 0 Å². The Bertz CT molecular complexity index is 191. The molecular weight excluding hydrogens is 129 g/mol. The molecule has 0 aromatic carbocycles. The fourth-order valence-corrected chi connectivity index (χ4v) is 0.617. The van der Waals surface area contributed by atoms with Crippen molar-refractivity contribution in [2.75, 3.05) is 5.23 Å². The highest BCUT2D eigenvalue weighted by Crippen LogP contribution is 2.00. The van der Waals surface area contributed by atoms with Crippen molar-refractivity contribution >= 4 is 12.7 Å². The van der Waals surface area contributed by atoms with Crippen molar-refractivity contribution in [3.63, 3.8) is 0 Å². The normalized spacial score (nSPS) is 9.00. The maximum atomic E-state index is 8.85. The van der Waals surface area contributed by atoms with Crippen LogP contribution in [-0.4, -0.2) is 22.3 Å². The van der Waals surface area contributed by atoms with E-state index in [2.05, 4.69) is 15.4 Å². The molecule has 2 N–H and O–H groups in total. The molecule has 1 heterocycles. The SMILES string of the molecule is CB(O)Nc1ccnnc1. The molecule has 10 heavy (non-hydrogen) atoms. The van der Waals surface area contributed by atoms with Crippen molar-refractivity contribution < 1.29 is 5.02 Å². The summed E-state index contributed by atoms with van der Waals surface area (Å²) in [5, 5.41) is 18.8. The lowest BCUT2D eigenvalue weighted by molar-refractivity contribution is 0.587. The molecule has 0 aliphatic heterocycles. The first-order valence-corrected chi connectivity index (χ1v) is 3.00. The lowest BCUT2D eigenvalue weighted by Gasteiger charge is -2.02. The minimum atomic E-state index is -0.552. The van der Waals surface area contributed by atoms with Gasteiger partial charge in [-0.15, -0.1) is 0 Å². The van der Waals surface area contributed by atoms with Gasteiger partial charge in [-0.1, -0.05) is 0 Å². The number of hydrogen-bond donors (Lipinski definition) is 2. The predicted octanol–water partition coefficient (Wildman–Crippen LogP) is -0.00120. The van der Waals surface area contributed by atoms with E-state index >= 15 is 0 Å². The maximum Gasteiger partial charge on any atom is 0.406 e. The average Bonchev–Trinajstić information content (AvgIpc) is 1.88. The first-order valence-electron chi connectivity index (χ1n) is 3.00. The molecule has 0 aliphatic rings. The highest BCUT2D eigenvalue weighted by atomic mass is 16.2. The lowest BCUT2D eigenvalue weighted by Crippen LogP contribution is -2.19. The van der Waals surface area contributed by atoms with Gasteiger partial charge in [-0.2, -0.15) is 10.2 Å². The fourth-order valence-electron chi connectivity index (χ4n) is 0.617. The highest BCUT2D eigenvalue weighted by molar-refractivity contribution is 6.52. The quantitative estimate of drug-likeness (QED) is 0.563. The van der Waals surface area contributed by atoms with Gasteiger partial charge in [-0.3, -0.25) is 0 Å². The lowest BCUT2D eigenvalue weighted by atomic mass is 9.89. The molecule has 1 aromatic rings. The van der Waals surface area contributed by atoms with E-state index in [0.717, 1.165) is 5.69 Å². The Balaban J connectivity index is 2.59. The summed E-state index contributed by atoms with van der Waals surface area (Å²) < 4.78 is 0. The van der Waals surface area contributed by atoms with Crippen molar-refractivity contribution in [1.29, 1.82) is 0 Å². The number of anilines is 1. The molecule has 52 valence electrons. The van der Waals surface area contributed by atoms with Gasteiger partial charge in [0.15, 0.2) is 0 Å². The van der Waals surface area contributed by atoms with Gasteiger partial charge in [0.05, 0.1) is 12.4 Å². The van der Waals surface area contributed by atoms with Crippen LogP contribution in [0.1, 0.15) is 0 Å². The van der Waals surface area contributed by atoms with Crippen LogP contribution in [0.4, 0.5) is 5.69 Å². The van der Waals surface area contributed by atoms with Crippen LogP contribution in [0.2, 0.25) is 6.82 Å². The molecule has 4 nitrogen and oxygen atoms in total. The summed E-state index contributed by atoms with van der Waals surface area (Å²) in [5.74, 6) is 0. The largest absolute Gasteiger partial charge is 0.433 e. The second-order valence-corrected chi connectivity index (χ2v) is 1.95. The monoisotopic (exact) mass is 137 g/mol. The summed E-state index contributed by atoms with van der Waals surface area (Å²) in [6.07, 6.45) is 3.11. The molecule has 0 bridgehead atoms. The summed E-state index contributed by atoms with van der Waals surface area (Å²) >= 11 is 0. The molecule has 1 aromatic heterocycles. The molecule has 0 saturated heterocycles. The molecule has 0 unspecified atom stereocenters. The first kappa shape index (κ1) is 7.02. The topological polar surface area (TPSA) is 58.0 Å². The number of rotatable bonds is 2. The zero-order chi connectivity index (χ0) is 7.40. The Labute approximate surface area is 59.4 Å². The number of hydrogen-bond acceptors (Lipinski definition) is 4. The van der Waals surface area contributed by atoms with E-state index in [0.29, 0.717) is 0 Å². The van der Waals surface area contributed by atoms with Gasteiger partial charge >= 0.3 is 7.05 Å². The van der Waals surface area contributed by atoms with E-state index in [1.165, 1.54) is 0 Å². The van der Waals surface area contributed by atoms with E-state index < -0.39 is 7.05 Å². The third-order valence-electron chi connectivity index (χ3n) is 0.960. The number of aromatic nitrogens is 2. The summed E-state index contributed by atoms with van der Waals surface area (Å²) in [5.41, 5.74) is 0.769.